The van der Waals surface area contributed by atoms with E-state index in [2.05, 4.69) is 5.32 Å². The monoisotopic (exact) mass is 489 g/mol. The number of anilines is 1. The summed E-state index contributed by atoms with van der Waals surface area (Å²) < 4.78 is 10.4. The number of rotatable bonds is 8. The summed E-state index contributed by atoms with van der Waals surface area (Å²) in [6.45, 7) is 0.469. The van der Waals surface area contributed by atoms with E-state index in [4.69, 9.17) is 14.5 Å². The van der Waals surface area contributed by atoms with Gasteiger partial charge in [0.2, 0.25) is 11.8 Å². The summed E-state index contributed by atoms with van der Waals surface area (Å²) in [4.78, 5) is 32.6. The van der Waals surface area contributed by atoms with Gasteiger partial charge in [-0.1, -0.05) is 42.1 Å². The van der Waals surface area contributed by atoms with Gasteiger partial charge in [0, 0.05) is 18.7 Å². The van der Waals surface area contributed by atoms with Crippen LogP contribution in [0.15, 0.2) is 83.9 Å². The molecule has 8 heteroatoms. The maximum absolute atomic E-state index is 13.2. The first-order valence-electron chi connectivity index (χ1n) is 11.2. The molecule has 3 aromatic carbocycles. The van der Waals surface area contributed by atoms with Crippen molar-refractivity contribution in [1.82, 2.24) is 4.90 Å². The van der Waals surface area contributed by atoms with Gasteiger partial charge in [0.05, 0.1) is 19.9 Å². The molecule has 1 aliphatic rings. The van der Waals surface area contributed by atoms with Gasteiger partial charge in [-0.3, -0.25) is 14.5 Å². The molecule has 0 saturated carbocycles. The van der Waals surface area contributed by atoms with Crippen LogP contribution < -0.4 is 14.8 Å². The highest BCUT2D eigenvalue weighted by molar-refractivity contribution is 8.15. The Morgan fingerprint density at radius 1 is 0.971 bits per heavy atom. The molecule has 1 saturated heterocycles. The predicted octanol–water partition coefficient (Wildman–Crippen LogP) is 4.91. The summed E-state index contributed by atoms with van der Waals surface area (Å²) in [5.74, 6) is 1.14. The lowest BCUT2D eigenvalue weighted by atomic mass is 10.1. The van der Waals surface area contributed by atoms with Crippen molar-refractivity contribution in [3.8, 4) is 11.5 Å². The molecule has 1 fully saturated rings. The average molecular weight is 490 g/mol. The first-order chi connectivity index (χ1) is 17.1. The summed E-state index contributed by atoms with van der Waals surface area (Å²) in [5, 5.41) is 2.84. The van der Waals surface area contributed by atoms with Crippen molar-refractivity contribution in [2.75, 3.05) is 26.1 Å². The molecule has 1 N–H and O–H groups in total. The number of hydrogen-bond donors (Lipinski definition) is 1. The number of amidine groups is 1. The fraction of sp³-hybridized carbons (Fsp3) is 0.222. The number of nitrogens with zero attached hydrogens (tertiary/aromatic N) is 2. The summed E-state index contributed by atoms with van der Waals surface area (Å²) in [6, 6.07) is 24.3. The van der Waals surface area contributed by atoms with Crippen LogP contribution in [0.3, 0.4) is 0 Å². The van der Waals surface area contributed by atoms with Gasteiger partial charge in [-0.25, -0.2) is 4.99 Å². The van der Waals surface area contributed by atoms with Crippen molar-refractivity contribution in [3.05, 3.63) is 84.4 Å². The molecule has 4 rings (SSSR count). The van der Waals surface area contributed by atoms with Crippen LogP contribution in [0.25, 0.3) is 0 Å². The highest BCUT2D eigenvalue weighted by Gasteiger charge is 2.35. The van der Waals surface area contributed by atoms with Crippen molar-refractivity contribution in [1.29, 1.82) is 0 Å². The zero-order valence-electron chi connectivity index (χ0n) is 19.6. The van der Waals surface area contributed by atoms with E-state index in [1.807, 2.05) is 54.6 Å². The van der Waals surface area contributed by atoms with E-state index < -0.39 is 5.25 Å². The second-order valence-electron chi connectivity index (χ2n) is 7.90. The molecule has 1 aliphatic heterocycles. The van der Waals surface area contributed by atoms with Gasteiger partial charge in [0.15, 0.2) is 5.17 Å². The summed E-state index contributed by atoms with van der Waals surface area (Å²) >= 11 is 1.31. The Bertz CT molecular complexity index is 1180. The second-order valence-corrected chi connectivity index (χ2v) is 9.07. The third kappa shape index (κ3) is 6.42. The fourth-order valence-corrected chi connectivity index (χ4v) is 4.73. The molecule has 7 nitrogen and oxygen atoms in total. The normalized spacial score (nSPS) is 16.7. The number of para-hydroxylation sites is 1. The van der Waals surface area contributed by atoms with E-state index in [1.54, 1.807) is 43.4 Å². The Morgan fingerprint density at radius 2 is 1.60 bits per heavy atom. The van der Waals surface area contributed by atoms with Gasteiger partial charge in [-0.05, 0) is 60.5 Å². The van der Waals surface area contributed by atoms with Crippen LogP contribution in [0.2, 0.25) is 0 Å². The Kier molecular flexibility index (Phi) is 8.05. The van der Waals surface area contributed by atoms with Gasteiger partial charge in [-0.15, -0.1) is 0 Å². The zero-order valence-corrected chi connectivity index (χ0v) is 20.5. The molecule has 1 atom stereocenters. The minimum absolute atomic E-state index is 0.100. The van der Waals surface area contributed by atoms with Crippen molar-refractivity contribution in [3.63, 3.8) is 0 Å². The Balaban J connectivity index is 1.50. The number of thioether (sulfide) groups is 1. The Morgan fingerprint density at radius 3 is 2.23 bits per heavy atom. The van der Waals surface area contributed by atoms with Gasteiger partial charge in [0.1, 0.15) is 16.7 Å². The highest BCUT2D eigenvalue weighted by Crippen LogP contribution is 2.30. The van der Waals surface area contributed by atoms with E-state index >= 15 is 0 Å². The van der Waals surface area contributed by atoms with Crippen LogP contribution in [0.4, 0.5) is 11.4 Å². The lowest BCUT2D eigenvalue weighted by Crippen LogP contribution is -2.46. The number of methoxy groups -OCH3 is 2. The van der Waals surface area contributed by atoms with E-state index in [0.717, 1.165) is 17.0 Å². The van der Waals surface area contributed by atoms with E-state index in [1.165, 1.54) is 11.8 Å². The number of amides is 2. The molecule has 3 aromatic rings. The SMILES string of the molecule is COc1ccc(CCN2C(=O)C[C@H](C(=O)Nc3ccc(OC)cc3)SC2=Nc2ccccc2)cc1. The number of nitrogens with one attached hydrogen (secondary N) is 1. The molecule has 0 radical (unpaired) electrons. The Hall–Kier alpha value is -3.78. The number of carbonyl (C=O) groups is 2. The zero-order chi connectivity index (χ0) is 24.6. The van der Waals surface area contributed by atoms with Gasteiger partial charge in [0.25, 0.3) is 0 Å². The third-order valence-corrected chi connectivity index (χ3v) is 6.74. The maximum atomic E-state index is 13.2. The van der Waals surface area contributed by atoms with Crippen molar-refractivity contribution < 1.29 is 19.1 Å². The molecule has 0 aliphatic carbocycles. The highest BCUT2D eigenvalue weighted by atomic mass is 32.2. The number of hydrogen-bond acceptors (Lipinski definition) is 6. The van der Waals surface area contributed by atoms with Crippen molar-refractivity contribution in [2.24, 2.45) is 4.99 Å². The minimum atomic E-state index is -0.579. The Labute approximate surface area is 209 Å². The molecular weight excluding hydrogens is 462 g/mol. The van der Waals surface area contributed by atoms with Crippen LogP contribution in [-0.4, -0.2) is 47.9 Å². The number of aliphatic imine (C=N–C) groups is 1. The molecule has 0 aromatic heterocycles. The quantitative estimate of drug-likeness (QED) is 0.487. The molecular formula is C27H27N3O4S. The lowest BCUT2D eigenvalue weighted by Gasteiger charge is -2.32. The van der Waals surface area contributed by atoms with Crippen LogP contribution in [0.5, 0.6) is 11.5 Å². The molecule has 180 valence electrons. The van der Waals surface area contributed by atoms with Crippen LogP contribution >= 0.6 is 11.8 Å². The molecule has 1 heterocycles. The van der Waals surface area contributed by atoms with Gasteiger partial charge < -0.3 is 14.8 Å². The van der Waals surface area contributed by atoms with E-state index in [0.29, 0.717) is 29.6 Å². The van der Waals surface area contributed by atoms with Gasteiger partial charge >= 0.3 is 0 Å². The van der Waals surface area contributed by atoms with Crippen molar-refractivity contribution >= 4 is 40.1 Å². The number of carbonyl (C=O) groups excluding carboxylic acids is 2. The van der Waals surface area contributed by atoms with Crippen LogP contribution in [0, 0.1) is 0 Å². The van der Waals surface area contributed by atoms with E-state index in [9.17, 15) is 9.59 Å². The molecule has 2 amide bonds. The lowest BCUT2D eigenvalue weighted by molar-refractivity contribution is -0.129. The molecule has 0 bridgehead atoms. The standard InChI is InChI=1S/C27H27N3O4S/c1-33-22-12-8-19(9-13-22)16-17-30-25(31)18-24(35-27(30)29-20-6-4-3-5-7-20)26(32)28-21-10-14-23(34-2)15-11-21/h3-15,24H,16-18H2,1-2H3,(H,28,32)/t24-/m1/s1. The van der Waals surface area contributed by atoms with E-state index in [-0.39, 0.29) is 18.2 Å². The van der Waals surface area contributed by atoms with Gasteiger partial charge in [-0.2, -0.15) is 0 Å². The molecule has 0 spiro atoms. The first kappa shape index (κ1) is 24.3. The average Bonchev–Trinajstić information content (AvgIpc) is 2.89. The summed E-state index contributed by atoms with van der Waals surface area (Å²) in [5.41, 5.74) is 2.46. The number of benzene rings is 3. The first-order valence-corrected chi connectivity index (χ1v) is 12.1. The topological polar surface area (TPSA) is 80.2 Å². The number of ether oxygens (including phenoxy) is 2. The van der Waals surface area contributed by atoms with Crippen LogP contribution in [-0.2, 0) is 16.0 Å². The maximum Gasteiger partial charge on any atom is 0.238 e. The summed E-state index contributed by atoms with van der Waals surface area (Å²) in [7, 11) is 3.22. The minimum Gasteiger partial charge on any atom is -0.497 e. The smallest absolute Gasteiger partial charge is 0.238 e. The summed E-state index contributed by atoms with van der Waals surface area (Å²) in [6.07, 6.45) is 0.760. The largest absolute Gasteiger partial charge is 0.497 e. The van der Waals surface area contributed by atoms with Crippen molar-refractivity contribution in [2.45, 2.75) is 18.1 Å². The molecule has 35 heavy (non-hydrogen) atoms. The van der Waals surface area contributed by atoms with Crippen LogP contribution in [0.1, 0.15) is 12.0 Å². The fourth-order valence-electron chi connectivity index (χ4n) is 3.60. The second kappa shape index (κ2) is 11.6. The molecule has 0 unspecified atom stereocenters. The third-order valence-electron chi connectivity index (χ3n) is 5.55. The predicted molar refractivity (Wildman–Crippen MR) is 140 cm³/mol.